The zero-order valence-corrected chi connectivity index (χ0v) is 14.6. The SMILES string of the molecule is CCOC(=O)c1cccc(N=C2SC(=Cc3ccco3)C(=O)N2C)c1. The van der Waals surface area contributed by atoms with Gasteiger partial charge in [-0.15, -0.1) is 0 Å². The Labute approximate surface area is 149 Å². The van der Waals surface area contributed by atoms with Gasteiger partial charge in [-0.3, -0.25) is 9.69 Å². The van der Waals surface area contributed by atoms with Crippen LogP contribution < -0.4 is 0 Å². The van der Waals surface area contributed by atoms with Gasteiger partial charge >= 0.3 is 5.97 Å². The lowest BCUT2D eigenvalue weighted by atomic mass is 10.2. The van der Waals surface area contributed by atoms with E-state index in [1.54, 1.807) is 62.7 Å². The Morgan fingerprint density at radius 1 is 1.36 bits per heavy atom. The predicted octanol–water partition coefficient (Wildman–Crippen LogP) is 3.69. The van der Waals surface area contributed by atoms with Gasteiger partial charge in [-0.25, -0.2) is 9.79 Å². The molecule has 0 N–H and O–H groups in total. The molecule has 1 aromatic carbocycles. The van der Waals surface area contributed by atoms with Gasteiger partial charge in [0, 0.05) is 13.1 Å². The number of esters is 1. The molecule has 1 amide bonds. The monoisotopic (exact) mass is 356 g/mol. The minimum Gasteiger partial charge on any atom is -0.465 e. The molecule has 1 fully saturated rings. The largest absolute Gasteiger partial charge is 0.465 e. The molecule has 0 aliphatic carbocycles. The van der Waals surface area contributed by atoms with Gasteiger partial charge in [0.1, 0.15) is 5.76 Å². The Balaban J connectivity index is 1.85. The lowest BCUT2D eigenvalue weighted by molar-refractivity contribution is -0.121. The molecule has 25 heavy (non-hydrogen) atoms. The maximum atomic E-state index is 12.3. The van der Waals surface area contributed by atoms with Crippen LogP contribution >= 0.6 is 11.8 Å². The summed E-state index contributed by atoms with van der Waals surface area (Å²) in [6.07, 6.45) is 3.23. The summed E-state index contributed by atoms with van der Waals surface area (Å²) >= 11 is 1.26. The van der Waals surface area contributed by atoms with Crippen LogP contribution in [0.3, 0.4) is 0 Å². The second kappa shape index (κ2) is 7.40. The second-order valence-corrected chi connectivity index (χ2v) is 6.16. The lowest BCUT2D eigenvalue weighted by Gasteiger charge is -2.07. The van der Waals surface area contributed by atoms with Crippen LogP contribution in [0.1, 0.15) is 23.0 Å². The summed E-state index contributed by atoms with van der Waals surface area (Å²) in [6, 6.07) is 10.3. The fraction of sp³-hybridized carbons (Fsp3) is 0.167. The maximum Gasteiger partial charge on any atom is 0.338 e. The van der Waals surface area contributed by atoms with Crippen LogP contribution in [0.4, 0.5) is 5.69 Å². The van der Waals surface area contributed by atoms with Crippen LogP contribution in [0.2, 0.25) is 0 Å². The minimum atomic E-state index is -0.397. The van der Waals surface area contributed by atoms with Crippen molar-refractivity contribution in [2.75, 3.05) is 13.7 Å². The van der Waals surface area contributed by atoms with Crippen LogP contribution in [-0.2, 0) is 9.53 Å². The highest BCUT2D eigenvalue weighted by molar-refractivity contribution is 8.18. The number of rotatable bonds is 4. The summed E-state index contributed by atoms with van der Waals surface area (Å²) in [6.45, 7) is 2.07. The molecule has 1 aromatic heterocycles. The zero-order chi connectivity index (χ0) is 17.8. The fourth-order valence-corrected chi connectivity index (χ4v) is 3.15. The molecule has 7 heteroatoms. The van der Waals surface area contributed by atoms with E-state index in [2.05, 4.69) is 4.99 Å². The van der Waals surface area contributed by atoms with Crippen LogP contribution in [0, 0.1) is 0 Å². The van der Waals surface area contributed by atoms with Crippen molar-refractivity contribution in [2.24, 2.45) is 4.99 Å². The molecule has 0 atom stereocenters. The predicted molar refractivity (Wildman–Crippen MR) is 96.5 cm³/mol. The number of likely N-dealkylation sites (N-methyl/N-ethyl adjacent to an activating group) is 1. The number of nitrogens with zero attached hydrogens (tertiary/aromatic N) is 2. The molecule has 0 saturated carbocycles. The first-order valence-corrected chi connectivity index (χ1v) is 8.47. The molecule has 1 saturated heterocycles. The highest BCUT2D eigenvalue weighted by Gasteiger charge is 2.30. The number of hydrogen-bond acceptors (Lipinski definition) is 6. The molecule has 3 rings (SSSR count). The van der Waals surface area contributed by atoms with E-state index in [0.29, 0.717) is 33.7 Å². The third-order valence-electron chi connectivity index (χ3n) is 3.40. The molecular formula is C18H16N2O4S. The van der Waals surface area contributed by atoms with Gasteiger partial charge in [-0.2, -0.15) is 0 Å². The molecule has 6 nitrogen and oxygen atoms in total. The Bertz CT molecular complexity index is 856. The molecule has 2 aromatic rings. The van der Waals surface area contributed by atoms with Gasteiger partial charge < -0.3 is 9.15 Å². The number of carbonyl (C=O) groups excluding carboxylic acids is 2. The lowest BCUT2D eigenvalue weighted by Crippen LogP contribution is -2.23. The third-order valence-corrected chi connectivity index (χ3v) is 4.46. The Hall–Kier alpha value is -2.80. The molecule has 0 spiro atoms. The van der Waals surface area contributed by atoms with Crippen molar-refractivity contribution >= 4 is 40.6 Å². The number of furan rings is 1. The average Bonchev–Trinajstić information content (AvgIpc) is 3.20. The normalized spacial score (nSPS) is 17.5. The van der Waals surface area contributed by atoms with Gasteiger partial charge in [0.15, 0.2) is 5.17 Å². The first kappa shape index (κ1) is 17.0. The van der Waals surface area contributed by atoms with Crippen molar-refractivity contribution in [3.05, 3.63) is 58.9 Å². The van der Waals surface area contributed by atoms with Crippen molar-refractivity contribution in [1.29, 1.82) is 0 Å². The number of benzene rings is 1. The molecular weight excluding hydrogens is 340 g/mol. The third kappa shape index (κ3) is 3.83. The van der Waals surface area contributed by atoms with Gasteiger partial charge in [0.25, 0.3) is 5.91 Å². The fourth-order valence-electron chi connectivity index (χ4n) is 2.18. The van der Waals surface area contributed by atoms with Crippen LogP contribution in [0.5, 0.6) is 0 Å². The molecule has 1 aliphatic heterocycles. The van der Waals surface area contributed by atoms with Crippen molar-refractivity contribution in [2.45, 2.75) is 6.92 Å². The number of carbonyl (C=O) groups is 2. The number of ether oxygens (including phenoxy) is 1. The van der Waals surface area contributed by atoms with Crippen LogP contribution in [0.15, 0.2) is 57.0 Å². The van der Waals surface area contributed by atoms with E-state index in [-0.39, 0.29) is 5.91 Å². The van der Waals surface area contributed by atoms with Crippen molar-refractivity contribution in [3.63, 3.8) is 0 Å². The molecule has 0 unspecified atom stereocenters. The number of thioether (sulfide) groups is 1. The highest BCUT2D eigenvalue weighted by Crippen LogP contribution is 2.33. The van der Waals surface area contributed by atoms with Crippen molar-refractivity contribution < 1.29 is 18.7 Å². The summed E-state index contributed by atoms with van der Waals surface area (Å²) in [4.78, 5) is 30.6. The molecule has 1 aliphatic rings. The van der Waals surface area contributed by atoms with E-state index in [1.165, 1.54) is 16.7 Å². The van der Waals surface area contributed by atoms with Gasteiger partial charge in [0.2, 0.25) is 0 Å². The van der Waals surface area contributed by atoms with Gasteiger partial charge in [0.05, 0.1) is 29.0 Å². The zero-order valence-electron chi connectivity index (χ0n) is 13.8. The standard InChI is InChI=1S/C18H16N2O4S/c1-3-23-17(22)12-6-4-7-13(10-12)19-18-20(2)16(21)15(25-18)11-14-8-5-9-24-14/h4-11H,3H2,1-2H3. The summed E-state index contributed by atoms with van der Waals surface area (Å²) in [7, 11) is 1.66. The number of aliphatic imine (C=N–C) groups is 1. The van der Waals surface area contributed by atoms with E-state index in [1.807, 2.05) is 0 Å². The summed E-state index contributed by atoms with van der Waals surface area (Å²) in [5.74, 6) is 0.0583. The Morgan fingerprint density at radius 3 is 2.92 bits per heavy atom. The van der Waals surface area contributed by atoms with E-state index in [4.69, 9.17) is 9.15 Å². The highest BCUT2D eigenvalue weighted by atomic mass is 32.2. The molecule has 0 bridgehead atoms. The topological polar surface area (TPSA) is 72.1 Å². The van der Waals surface area contributed by atoms with E-state index in [0.717, 1.165) is 0 Å². The van der Waals surface area contributed by atoms with Gasteiger partial charge in [-0.1, -0.05) is 6.07 Å². The minimum absolute atomic E-state index is 0.151. The van der Waals surface area contributed by atoms with Crippen molar-refractivity contribution in [1.82, 2.24) is 4.90 Å². The Morgan fingerprint density at radius 2 is 2.20 bits per heavy atom. The average molecular weight is 356 g/mol. The Kier molecular flexibility index (Phi) is 5.04. The first-order valence-electron chi connectivity index (χ1n) is 7.65. The summed E-state index contributed by atoms with van der Waals surface area (Å²) < 4.78 is 10.2. The van der Waals surface area contributed by atoms with Crippen LogP contribution in [0.25, 0.3) is 6.08 Å². The molecule has 0 radical (unpaired) electrons. The van der Waals surface area contributed by atoms with E-state index in [9.17, 15) is 9.59 Å². The maximum absolute atomic E-state index is 12.3. The smallest absolute Gasteiger partial charge is 0.338 e. The van der Waals surface area contributed by atoms with Crippen molar-refractivity contribution in [3.8, 4) is 0 Å². The molecule has 128 valence electrons. The molecule has 2 heterocycles. The number of amidine groups is 1. The van der Waals surface area contributed by atoms with Gasteiger partial charge in [-0.05, 0) is 49.0 Å². The van der Waals surface area contributed by atoms with E-state index >= 15 is 0 Å². The van der Waals surface area contributed by atoms with Crippen LogP contribution in [-0.4, -0.2) is 35.6 Å². The second-order valence-electron chi connectivity index (χ2n) is 5.16. The summed E-state index contributed by atoms with van der Waals surface area (Å²) in [5, 5.41) is 0.531. The number of amides is 1. The van der Waals surface area contributed by atoms with E-state index < -0.39 is 5.97 Å². The quantitative estimate of drug-likeness (QED) is 0.617. The first-order chi connectivity index (χ1) is 12.1. The summed E-state index contributed by atoms with van der Waals surface area (Å²) in [5.41, 5.74) is 0.999. The number of hydrogen-bond donors (Lipinski definition) is 0.